The minimum atomic E-state index is -0.807. The molecule has 0 aromatic carbocycles. The van der Waals surface area contributed by atoms with Crippen molar-refractivity contribution in [1.29, 1.82) is 0 Å². The average Bonchev–Trinajstić information content (AvgIpc) is 3.44. The lowest BCUT2D eigenvalue weighted by Gasteiger charge is -2.33. The highest BCUT2D eigenvalue weighted by Gasteiger charge is 2.67. The maximum atomic E-state index is 13.7. The Balaban J connectivity index is 1.68. The number of nitrogens with one attached hydrogen (secondary N) is 1. The molecule has 4 rings (SSSR count). The number of nitrogens with two attached hydrogens (primary N) is 1. The maximum absolute atomic E-state index is 13.7. The highest BCUT2D eigenvalue weighted by Crippen LogP contribution is 2.66. The van der Waals surface area contributed by atoms with E-state index in [-0.39, 0.29) is 11.6 Å². The van der Waals surface area contributed by atoms with Crippen LogP contribution >= 0.6 is 23.4 Å². The first-order valence-electron chi connectivity index (χ1n) is 8.89. The van der Waals surface area contributed by atoms with Crippen LogP contribution in [0, 0.1) is 5.92 Å². The zero-order valence-corrected chi connectivity index (χ0v) is 17.4. The van der Waals surface area contributed by atoms with Crippen LogP contribution in [0.4, 0.5) is 10.1 Å². The summed E-state index contributed by atoms with van der Waals surface area (Å²) in [6.07, 6.45) is 3.54. The molecule has 2 aliphatic rings. The SMILES string of the molecule is COc1ncc(NC(=O)c2ccc(Cl)cn2)cc1[C@@]1(C)N=C(N)S[C@@]2(CF)CC21. The van der Waals surface area contributed by atoms with E-state index in [0.717, 1.165) is 0 Å². The van der Waals surface area contributed by atoms with Crippen LogP contribution in [0.15, 0.2) is 35.6 Å². The number of nitrogens with zero attached hydrogens (tertiary/aromatic N) is 3. The molecule has 1 fully saturated rings. The molecular formula is C19H19ClFN5O2S. The van der Waals surface area contributed by atoms with Crippen LogP contribution in [0.25, 0.3) is 0 Å². The number of alkyl halides is 1. The first-order chi connectivity index (χ1) is 13.8. The predicted octanol–water partition coefficient (Wildman–Crippen LogP) is 3.40. The molecule has 1 amide bonds. The van der Waals surface area contributed by atoms with Crippen LogP contribution in [-0.2, 0) is 5.54 Å². The molecule has 152 valence electrons. The molecule has 0 radical (unpaired) electrons. The van der Waals surface area contributed by atoms with Crippen LogP contribution in [0.2, 0.25) is 5.02 Å². The molecule has 1 aliphatic heterocycles. The van der Waals surface area contributed by atoms with Gasteiger partial charge < -0.3 is 15.8 Å². The summed E-state index contributed by atoms with van der Waals surface area (Å²) in [5, 5.41) is 3.54. The molecule has 10 heteroatoms. The quantitative estimate of drug-likeness (QED) is 0.746. The van der Waals surface area contributed by atoms with Crippen LogP contribution in [0.3, 0.4) is 0 Å². The Morgan fingerprint density at radius 1 is 1.45 bits per heavy atom. The molecule has 1 unspecified atom stereocenters. The third kappa shape index (κ3) is 3.42. The molecule has 7 nitrogen and oxygen atoms in total. The zero-order valence-electron chi connectivity index (χ0n) is 15.8. The first kappa shape index (κ1) is 19.9. The van der Waals surface area contributed by atoms with E-state index in [1.165, 1.54) is 37.3 Å². The monoisotopic (exact) mass is 435 g/mol. The third-order valence-electron chi connectivity index (χ3n) is 5.39. The van der Waals surface area contributed by atoms with Gasteiger partial charge in [-0.1, -0.05) is 23.4 Å². The summed E-state index contributed by atoms with van der Waals surface area (Å²) >= 11 is 7.10. The number of amides is 1. The number of pyridine rings is 2. The van der Waals surface area contributed by atoms with E-state index in [1.54, 1.807) is 12.1 Å². The Bertz CT molecular complexity index is 1000. The number of methoxy groups -OCH3 is 1. The summed E-state index contributed by atoms with van der Waals surface area (Å²) in [6.45, 7) is 1.41. The Labute approximate surface area is 176 Å². The normalized spacial score (nSPS) is 27.6. The Hall–Kier alpha value is -2.39. The van der Waals surface area contributed by atoms with Gasteiger partial charge in [0.2, 0.25) is 5.88 Å². The fraction of sp³-hybridized carbons (Fsp3) is 0.368. The van der Waals surface area contributed by atoms with E-state index in [2.05, 4.69) is 20.3 Å². The molecule has 29 heavy (non-hydrogen) atoms. The van der Waals surface area contributed by atoms with Gasteiger partial charge in [-0.05, 0) is 31.5 Å². The molecule has 2 aromatic heterocycles. The van der Waals surface area contributed by atoms with E-state index >= 15 is 0 Å². The number of fused-ring (bicyclic) bond motifs is 1. The van der Waals surface area contributed by atoms with Gasteiger partial charge in [0.15, 0.2) is 5.17 Å². The molecule has 3 atom stereocenters. The van der Waals surface area contributed by atoms with Crippen LogP contribution in [0.5, 0.6) is 5.88 Å². The van der Waals surface area contributed by atoms with E-state index in [9.17, 15) is 9.18 Å². The number of carbonyl (C=O) groups is 1. The first-order valence-corrected chi connectivity index (χ1v) is 10.1. The maximum Gasteiger partial charge on any atom is 0.274 e. The standard InChI is InChI=1S/C19H19ClFN5O2S/c1-18(14-6-19(14,9-21)29-17(22)26-18)12-5-11(8-24-16(12)28-2)25-15(27)13-4-3-10(20)7-23-13/h3-5,7-8,14H,6,9H2,1-2H3,(H2,22,26)(H,25,27)/t14?,18-,19-/m1/s1. The van der Waals surface area contributed by atoms with Gasteiger partial charge in [-0.3, -0.25) is 9.79 Å². The van der Waals surface area contributed by atoms with E-state index < -0.39 is 22.9 Å². The van der Waals surface area contributed by atoms with Crippen molar-refractivity contribution in [2.75, 3.05) is 19.1 Å². The number of carbonyl (C=O) groups excluding carboxylic acids is 1. The molecular weight excluding hydrogens is 417 g/mol. The van der Waals surface area contributed by atoms with Crippen molar-refractivity contribution in [3.8, 4) is 5.88 Å². The van der Waals surface area contributed by atoms with Crippen molar-refractivity contribution >= 4 is 40.1 Å². The second kappa shape index (κ2) is 7.14. The van der Waals surface area contributed by atoms with Crippen molar-refractivity contribution in [2.24, 2.45) is 16.6 Å². The van der Waals surface area contributed by atoms with Gasteiger partial charge in [-0.15, -0.1) is 0 Å². The Morgan fingerprint density at radius 2 is 2.24 bits per heavy atom. The number of halogens is 2. The van der Waals surface area contributed by atoms with Gasteiger partial charge in [0, 0.05) is 17.7 Å². The number of aliphatic imine (C=N–C) groups is 1. The van der Waals surface area contributed by atoms with Gasteiger partial charge in [0.1, 0.15) is 12.4 Å². The van der Waals surface area contributed by atoms with Gasteiger partial charge in [0.25, 0.3) is 5.91 Å². The van der Waals surface area contributed by atoms with Crippen molar-refractivity contribution in [3.05, 3.63) is 46.9 Å². The lowest BCUT2D eigenvalue weighted by Crippen LogP contribution is -2.36. The minimum absolute atomic E-state index is 0.0446. The van der Waals surface area contributed by atoms with E-state index in [4.69, 9.17) is 22.1 Å². The number of anilines is 1. The second-order valence-corrected chi connectivity index (χ2v) is 9.12. The number of ether oxygens (including phenoxy) is 1. The van der Waals surface area contributed by atoms with E-state index in [1.807, 2.05) is 6.92 Å². The molecule has 0 bridgehead atoms. The lowest BCUT2D eigenvalue weighted by molar-refractivity contribution is 0.102. The fourth-order valence-corrected chi connectivity index (χ4v) is 5.26. The summed E-state index contributed by atoms with van der Waals surface area (Å²) in [5.74, 6) is -0.0911. The number of hydrogen-bond acceptors (Lipinski definition) is 7. The Kier molecular flexibility index (Phi) is 4.90. The highest BCUT2D eigenvalue weighted by atomic mass is 35.5. The Morgan fingerprint density at radius 3 is 2.90 bits per heavy atom. The van der Waals surface area contributed by atoms with Gasteiger partial charge >= 0.3 is 0 Å². The van der Waals surface area contributed by atoms with Crippen LogP contribution < -0.4 is 15.8 Å². The number of aromatic nitrogens is 2. The third-order valence-corrected chi connectivity index (χ3v) is 6.88. The summed E-state index contributed by atoms with van der Waals surface area (Å²) in [5.41, 5.74) is 6.52. The summed E-state index contributed by atoms with van der Waals surface area (Å²) in [4.78, 5) is 25.4. The summed E-state index contributed by atoms with van der Waals surface area (Å²) < 4.78 is 18.6. The molecule has 0 spiro atoms. The minimum Gasteiger partial charge on any atom is -0.481 e. The number of rotatable bonds is 5. The van der Waals surface area contributed by atoms with Crippen molar-refractivity contribution < 1.29 is 13.9 Å². The fourth-order valence-electron chi connectivity index (χ4n) is 3.82. The predicted molar refractivity (Wildman–Crippen MR) is 111 cm³/mol. The smallest absolute Gasteiger partial charge is 0.274 e. The van der Waals surface area contributed by atoms with Crippen molar-refractivity contribution in [3.63, 3.8) is 0 Å². The lowest BCUT2D eigenvalue weighted by atomic mass is 9.86. The average molecular weight is 436 g/mol. The number of amidine groups is 1. The number of hydrogen-bond donors (Lipinski definition) is 2. The molecule has 0 saturated heterocycles. The molecule has 3 N–H and O–H groups in total. The largest absolute Gasteiger partial charge is 0.481 e. The molecule has 1 saturated carbocycles. The van der Waals surface area contributed by atoms with Crippen LogP contribution in [0.1, 0.15) is 29.4 Å². The highest BCUT2D eigenvalue weighted by molar-refractivity contribution is 8.15. The van der Waals surface area contributed by atoms with E-state index in [0.29, 0.717) is 33.7 Å². The summed E-state index contributed by atoms with van der Waals surface area (Å²) in [6, 6.07) is 4.86. The van der Waals surface area contributed by atoms with Crippen LogP contribution in [-0.4, -0.2) is 39.6 Å². The molecule has 1 aliphatic carbocycles. The molecule has 2 aromatic rings. The zero-order chi connectivity index (χ0) is 20.8. The topological polar surface area (TPSA) is 102 Å². The number of thioether (sulfide) groups is 1. The second-order valence-electron chi connectivity index (χ2n) is 7.25. The van der Waals surface area contributed by atoms with Gasteiger partial charge in [-0.25, -0.2) is 14.4 Å². The van der Waals surface area contributed by atoms with Gasteiger partial charge in [-0.2, -0.15) is 0 Å². The summed E-state index contributed by atoms with van der Waals surface area (Å²) in [7, 11) is 1.50. The van der Waals surface area contributed by atoms with Crippen molar-refractivity contribution in [2.45, 2.75) is 23.6 Å². The molecule has 3 heterocycles. The van der Waals surface area contributed by atoms with Crippen molar-refractivity contribution in [1.82, 2.24) is 9.97 Å². The van der Waals surface area contributed by atoms with Gasteiger partial charge in [0.05, 0.1) is 34.3 Å².